The lowest BCUT2D eigenvalue weighted by Gasteiger charge is -2.29. The number of nitrogens with two attached hydrogens (primary N) is 1. The van der Waals surface area contributed by atoms with Crippen molar-refractivity contribution in [3.05, 3.63) is 27.7 Å². The maximum atomic E-state index is 12.0. The number of anilines is 1. The van der Waals surface area contributed by atoms with Crippen LogP contribution in [0, 0.1) is 0 Å². The summed E-state index contributed by atoms with van der Waals surface area (Å²) in [6.45, 7) is 8.03. The van der Waals surface area contributed by atoms with Crippen LogP contribution in [0.5, 0.6) is 0 Å². The third-order valence-corrected chi connectivity index (χ3v) is 3.47. The lowest BCUT2D eigenvalue weighted by Crippen LogP contribution is -2.36. The molecule has 1 aliphatic heterocycles. The van der Waals surface area contributed by atoms with E-state index in [0.717, 1.165) is 39.0 Å². The van der Waals surface area contributed by atoms with Crippen molar-refractivity contribution in [1.82, 2.24) is 9.47 Å². The van der Waals surface area contributed by atoms with Gasteiger partial charge in [0.15, 0.2) is 0 Å². The summed E-state index contributed by atoms with van der Waals surface area (Å²) in [5.41, 5.74) is 8.59. The maximum Gasteiger partial charge on any atom is 0.273 e. The van der Waals surface area contributed by atoms with E-state index in [1.54, 1.807) is 0 Å². The van der Waals surface area contributed by atoms with Gasteiger partial charge >= 0.3 is 0 Å². The van der Waals surface area contributed by atoms with E-state index in [1.807, 2.05) is 10.6 Å². The molecule has 0 spiro atoms. The molecular weight excluding hydrogens is 214 g/mol. The van der Waals surface area contributed by atoms with Gasteiger partial charge in [0.05, 0.1) is 5.69 Å². The summed E-state index contributed by atoms with van der Waals surface area (Å²) in [5.74, 6) is 0. The standard InChI is InChI=1S/C13H21N3O/c1-3-6-16-12-5-7-15(4-2)9-10(12)8-11(14)13(16)17/h8H,3-7,9,14H2,1-2H3. The molecule has 0 aromatic carbocycles. The second-order valence-corrected chi connectivity index (χ2v) is 4.65. The molecule has 0 saturated heterocycles. The molecule has 0 bridgehead atoms. The summed E-state index contributed by atoms with van der Waals surface area (Å²) in [5, 5.41) is 0. The number of rotatable bonds is 3. The molecule has 0 saturated carbocycles. The van der Waals surface area contributed by atoms with Crippen LogP contribution in [0.3, 0.4) is 0 Å². The Balaban J connectivity index is 2.47. The highest BCUT2D eigenvalue weighted by molar-refractivity contribution is 5.42. The molecule has 0 amide bonds. The number of hydrogen-bond acceptors (Lipinski definition) is 3. The molecule has 4 heteroatoms. The Labute approximate surface area is 102 Å². The summed E-state index contributed by atoms with van der Waals surface area (Å²) >= 11 is 0. The van der Waals surface area contributed by atoms with Crippen molar-refractivity contribution in [2.24, 2.45) is 0 Å². The Morgan fingerprint density at radius 2 is 2.18 bits per heavy atom. The first kappa shape index (κ1) is 12.2. The van der Waals surface area contributed by atoms with Crippen LogP contribution in [0.2, 0.25) is 0 Å². The van der Waals surface area contributed by atoms with E-state index in [0.29, 0.717) is 5.69 Å². The van der Waals surface area contributed by atoms with Crippen molar-refractivity contribution in [3.63, 3.8) is 0 Å². The summed E-state index contributed by atoms with van der Waals surface area (Å²) in [6.07, 6.45) is 1.92. The molecule has 1 aliphatic rings. The highest BCUT2D eigenvalue weighted by atomic mass is 16.1. The van der Waals surface area contributed by atoms with Gasteiger partial charge in [0, 0.05) is 31.7 Å². The van der Waals surface area contributed by atoms with E-state index >= 15 is 0 Å². The van der Waals surface area contributed by atoms with Crippen LogP contribution in [0.15, 0.2) is 10.9 Å². The van der Waals surface area contributed by atoms with Crippen LogP contribution in [0.1, 0.15) is 31.5 Å². The van der Waals surface area contributed by atoms with Gasteiger partial charge in [-0.25, -0.2) is 0 Å². The van der Waals surface area contributed by atoms with Gasteiger partial charge in [-0.1, -0.05) is 13.8 Å². The largest absolute Gasteiger partial charge is 0.394 e. The number of pyridine rings is 1. The predicted octanol–water partition coefficient (Wildman–Crippen LogP) is 1.22. The molecule has 0 aliphatic carbocycles. The molecule has 0 fully saturated rings. The van der Waals surface area contributed by atoms with Gasteiger partial charge in [-0.2, -0.15) is 0 Å². The summed E-state index contributed by atoms with van der Waals surface area (Å²) in [7, 11) is 0. The van der Waals surface area contributed by atoms with E-state index < -0.39 is 0 Å². The number of nitrogen functional groups attached to an aromatic ring is 1. The van der Waals surface area contributed by atoms with Crippen LogP contribution in [0.4, 0.5) is 5.69 Å². The number of aromatic nitrogens is 1. The topological polar surface area (TPSA) is 51.3 Å². The first-order chi connectivity index (χ1) is 8.17. The Hall–Kier alpha value is -1.29. The minimum absolute atomic E-state index is 0.0180. The fraction of sp³-hybridized carbons (Fsp3) is 0.615. The average Bonchev–Trinajstić information content (AvgIpc) is 2.34. The average molecular weight is 235 g/mol. The van der Waals surface area contributed by atoms with Crippen molar-refractivity contribution in [2.45, 2.75) is 39.8 Å². The fourth-order valence-corrected chi connectivity index (χ4v) is 2.53. The second kappa shape index (κ2) is 4.92. The normalized spacial score (nSPS) is 15.9. The molecule has 2 heterocycles. The minimum atomic E-state index is -0.0180. The highest BCUT2D eigenvalue weighted by Crippen LogP contribution is 2.19. The number of hydrogen-bond donors (Lipinski definition) is 1. The quantitative estimate of drug-likeness (QED) is 0.857. The summed E-state index contributed by atoms with van der Waals surface area (Å²) in [6, 6.07) is 1.87. The monoisotopic (exact) mass is 235 g/mol. The lowest BCUT2D eigenvalue weighted by atomic mass is 10.0. The van der Waals surface area contributed by atoms with E-state index in [-0.39, 0.29) is 5.56 Å². The zero-order valence-electron chi connectivity index (χ0n) is 10.7. The van der Waals surface area contributed by atoms with E-state index in [9.17, 15) is 4.79 Å². The molecule has 94 valence electrons. The van der Waals surface area contributed by atoms with Gasteiger partial charge in [0.2, 0.25) is 0 Å². The third-order valence-electron chi connectivity index (χ3n) is 3.47. The molecule has 0 atom stereocenters. The Morgan fingerprint density at radius 3 is 2.82 bits per heavy atom. The Kier molecular flexibility index (Phi) is 3.52. The molecule has 2 N–H and O–H groups in total. The smallest absolute Gasteiger partial charge is 0.273 e. The summed E-state index contributed by atoms with van der Waals surface area (Å²) in [4.78, 5) is 14.4. The van der Waals surface area contributed by atoms with Gasteiger partial charge in [0.25, 0.3) is 5.56 Å². The van der Waals surface area contributed by atoms with Gasteiger partial charge in [-0.3, -0.25) is 9.69 Å². The van der Waals surface area contributed by atoms with Gasteiger partial charge in [0.1, 0.15) is 0 Å². The molecule has 4 nitrogen and oxygen atoms in total. The molecule has 0 unspecified atom stereocenters. The molecule has 1 aromatic heterocycles. The Bertz CT molecular complexity index is 464. The van der Waals surface area contributed by atoms with E-state index in [1.165, 1.54) is 11.3 Å². The van der Waals surface area contributed by atoms with Gasteiger partial charge in [-0.05, 0) is 24.6 Å². The minimum Gasteiger partial charge on any atom is -0.394 e. The van der Waals surface area contributed by atoms with Crippen molar-refractivity contribution in [3.8, 4) is 0 Å². The van der Waals surface area contributed by atoms with Crippen molar-refractivity contribution in [2.75, 3.05) is 18.8 Å². The molecule has 0 radical (unpaired) electrons. The van der Waals surface area contributed by atoms with Crippen LogP contribution in [-0.2, 0) is 19.5 Å². The molecular formula is C13H21N3O. The van der Waals surface area contributed by atoms with E-state index in [4.69, 9.17) is 5.73 Å². The van der Waals surface area contributed by atoms with Crippen LogP contribution >= 0.6 is 0 Å². The second-order valence-electron chi connectivity index (χ2n) is 4.65. The molecule has 17 heavy (non-hydrogen) atoms. The van der Waals surface area contributed by atoms with Gasteiger partial charge in [-0.15, -0.1) is 0 Å². The molecule has 2 rings (SSSR count). The number of likely N-dealkylation sites (N-methyl/N-ethyl adjacent to an activating group) is 1. The third kappa shape index (κ3) is 2.22. The van der Waals surface area contributed by atoms with Crippen LogP contribution in [-0.4, -0.2) is 22.6 Å². The number of fused-ring (bicyclic) bond motifs is 1. The van der Waals surface area contributed by atoms with Crippen molar-refractivity contribution < 1.29 is 0 Å². The molecule has 1 aromatic rings. The predicted molar refractivity (Wildman–Crippen MR) is 70.1 cm³/mol. The zero-order chi connectivity index (χ0) is 12.4. The summed E-state index contributed by atoms with van der Waals surface area (Å²) < 4.78 is 1.87. The highest BCUT2D eigenvalue weighted by Gasteiger charge is 2.19. The zero-order valence-corrected chi connectivity index (χ0v) is 10.7. The Morgan fingerprint density at radius 1 is 1.41 bits per heavy atom. The fourth-order valence-electron chi connectivity index (χ4n) is 2.53. The van der Waals surface area contributed by atoms with Crippen LogP contribution in [0.25, 0.3) is 0 Å². The first-order valence-electron chi connectivity index (χ1n) is 6.40. The van der Waals surface area contributed by atoms with Crippen molar-refractivity contribution in [1.29, 1.82) is 0 Å². The van der Waals surface area contributed by atoms with Crippen LogP contribution < -0.4 is 11.3 Å². The lowest BCUT2D eigenvalue weighted by molar-refractivity contribution is 0.261. The first-order valence-corrected chi connectivity index (χ1v) is 6.40. The maximum absolute atomic E-state index is 12.0. The van der Waals surface area contributed by atoms with Crippen molar-refractivity contribution >= 4 is 5.69 Å². The van der Waals surface area contributed by atoms with E-state index in [2.05, 4.69) is 18.7 Å². The number of nitrogens with zero attached hydrogens (tertiary/aromatic N) is 2. The van der Waals surface area contributed by atoms with Gasteiger partial charge < -0.3 is 10.3 Å². The SMILES string of the molecule is CCCn1c2c(cc(N)c1=O)CN(CC)CC2.